The number of aromatic nitrogens is 1. The van der Waals surface area contributed by atoms with Crippen LogP contribution in [0.15, 0.2) is 27.4 Å². The van der Waals surface area contributed by atoms with Crippen LogP contribution in [0, 0.1) is 0 Å². The number of benzene rings is 1. The zero-order valence-corrected chi connectivity index (χ0v) is 13.7. The number of carbonyl (C=O) groups is 2. The Labute approximate surface area is 139 Å². The molecule has 0 unspecified atom stereocenters. The Bertz CT molecular complexity index is 808. The van der Waals surface area contributed by atoms with Crippen LogP contribution < -0.4 is 5.76 Å². The van der Waals surface area contributed by atoms with Crippen molar-refractivity contribution in [3.8, 4) is 0 Å². The largest absolute Gasteiger partial charge is 0.417 e. The van der Waals surface area contributed by atoms with Gasteiger partial charge in [0.2, 0.25) is 11.8 Å². The summed E-state index contributed by atoms with van der Waals surface area (Å²) in [7, 11) is 0. The fourth-order valence-corrected chi connectivity index (χ4v) is 3.04. The molecule has 1 aliphatic rings. The second-order valence-corrected chi connectivity index (χ2v) is 5.99. The first-order valence-electron chi connectivity index (χ1n) is 8.24. The number of nitrogens with zero attached hydrogens (tertiary/aromatic N) is 2. The molecule has 1 N–H and O–H groups in total. The van der Waals surface area contributed by atoms with E-state index >= 15 is 0 Å². The predicted octanol–water partition coefficient (Wildman–Crippen LogP) is 1.13. The zero-order valence-electron chi connectivity index (χ0n) is 13.7. The monoisotopic (exact) mass is 331 g/mol. The Hall–Kier alpha value is -2.57. The number of amides is 2. The van der Waals surface area contributed by atoms with E-state index in [0.29, 0.717) is 43.7 Å². The van der Waals surface area contributed by atoms with Crippen LogP contribution in [0.4, 0.5) is 0 Å². The third kappa shape index (κ3) is 3.50. The first-order chi connectivity index (χ1) is 11.6. The Morgan fingerprint density at radius 3 is 2.54 bits per heavy atom. The molecule has 24 heavy (non-hydrogen) atoms. The van der Waals surface area contributed by atoms with Gasteiger partial charge in [-0.15, -0.1) is 0 Å². The second kappa shape index (κ2) is 6.90. The van der Waals surface area contributed by atoms with Gasteiger partial charge in [-0.05, 0) is 24.1 Å². The molecule has 0 spiro atoms. The molecule has 2 aromatic rings. The van der Waals surface area contributed by atoms with Gasteiger partial charge in [-0.25, -0.2) is 4.79 Å². The van der Waals surface area contributed by atoms with Gasteiger partial charge in [0.05, 0.1) is 11.9 Å². The fraction of sp³-hybridized carbons (Fsp3) is 0.471. The van der Waals surface area contributed by atoms with Crippen molar-refractivity contribution in [1.82, 2.24) is 14.8 Å². The predicted molar refractivity (Wildman–Crippen MR) is 88.6 cm³/mol. The zero-order chi connectivity index (χ0) is 17.1. The fourth-order valence-electron chi connectivity index (χ4n) is 3.04. The van der Waals surface area contributed by atoms with Crippen LogP contribution in [0.2, 0.25) is 0 Å². The molecule has 7 nitrogen and oxygen atoms in total. The number of aromatic amines is 1. The van der Waals surface area contributed by atoms with Crippen LogP contribution in [0.3, 0.4) is 0 Å². The summed E-state index contributed by atoms with van der Waals surface area (Å²) < 4.78 is 4.96. The third-order valence-electron chi connectivity index (χ3n) is 4.34. The number of hydrogen-bond acceptors (Lipinski definition) is 4. The lowest BCUT2D eigenvalue weighted by Gasteiger charge is -2.22. The maximum absolute atomic E-state index is 12.5. The van der Waals surface area contributed by atoms with Crippen molar-refractivity contribution in [1.29, 1.82) is 0 Å². The van der Waals surface area contributed by atoms with Crippen molar-refractivity contribution in [2.45, 2.75) is 26.2 Å². The number of oxazole rings is 1. The van der Waals surface area contributed by atoms with E-state index in [4.69, 9.17) is 4.42 Å². The minimum atomic E-state index is -0.498. The Morgan fingerprint density at radius 2 is 1.83 bits per heavy atom. The summed E-state index contributed by atoms with van der Waals surface area (Å²) in [6.45, 7) is 4.38. The van der Waals surface area contributed by atoms with Gasteiger partial charge in [0.25, 0.3) is 0 Å². The molecular formula is C17H21N3O4. The normalized spacial score (nSPS) is 15.5. The molecule has 0 bridgehead atoms. The summed E-state index contributed by atoms with van der Waals surface area (Å²) in [6.07, 6.45) is 1.56. The molecule has 0 saturated carbocycles. The molecule has 1 aliphatic heterocycles. The highest BCUT2D eigenvalue weighted by atomic mass is 16.4. The van der Waals surface area contributed by atoms with E-state index in [2.05, 4.69) is 4.98 Å². The third-order valence-corrected chi connectivity index (χ3v) is 4.34. The summed E-state index contributed by atoms with van der Waals surface area (Å²) in [6, 6.07) is 5.25. The molecule has 1 fully saturated rings. The van der Waals surface area contributed by atoms with Gasteiger partial charge in [-0.3, -0.25) is 14.6 Å². The quantitative estimate of drug-likeness (QED) is 0.913. The number of carbonyl (C=O) groups excluding carboxylic acids is 2. The molecule has 1 saturated heterocycles. The maximum atomic E-state index is 12.5. The van der Waals surface area contributed by atoms with E-state index in [1.54, 1.807) is 18.2 Å². The van der Waals surface area contributed by atoms with E-state index in [1.165, 1.54) is 0 Å². The Kier molecular flexibility index (Phi) is 4.69. The molecule has 128 valence electrons. The summed E-state index contributed by atoms with van der Waals surface area (Å²) >= 11 is 0. The van der Waals surface area contributed by atoms with Crippen LogP contribution in [0.25, 0.3) is 11.1 Å². The van der Waals surface area contributed by atoms with Crippen LogP contribution in [-0.2, 0) is 16.0 Å². The molecule has 0 radical (unpaired) electrons. The summed E-state index contributed by atoms with van der Waals surface area (Å²) in [5.74, 6) is -0.327. The lowest BCUT2D eigenvalue weighted by Crippen LogP contribution is -2.37. The summed E-state index contributed by atoms with van der Waals surface area (Å²) in [4.78, 5) is 41.8. The van der Waals surface area contributed by atoms with Gasteiger partial charge < -0.3 is 14.2 Å². The van der Waals surface area contributed by atoms with Crippen LogP contribution in [0.5, 0.6) is 0 Å². The SMILES string of the molecule is CCC(=O)N1CCCN(C(=O)Cc2ccc3oc(=O)[nH]c3c2)CC1. The van der Waals surface area contributed by atoms with E-state index in [1.807, 2.05) is 16.7 Å². The number of rotatable bonds is 3. The molecule has 1 aromatic heterocycles. The lowest BCUT2D eigenvalue weighted by atomic mass is 10.1. The van der Waals surface area contributed by atoms with Crippen LogP contribution in [0.1, 0.15) is 25.3 Å². The minimum Gasteiger partial charge on any atom is -0.408 e. The van der Waals surface area contributed by atoms with Crippen molar-refractivity contribution in [2.75, 3.05) is 26.2 Å². The number of hydrogen-bond donors (Lipinski definition) is 1. The molecule has 1 aromatic carbocycles. The molecule has 0 aliphatic carbocycles. The van der Waals surface area contributed by atoms with Gasteiger partial charge >= 0.3 is 5.76 Å². The number of H-pyrrole nitrogens is 1. The van der Waals surface area contributed by atoms with Gasteiger partial charge in [-0.1, -0.05) is 13.0 Å². The van der Waals surface area contributed by atoms with Crippen molar-refractivity contribution in [3.05, 3.63) is 34.3 Å². The lowest BCUT2D eigenvalue weighted by molar-refractivity contribution is -0.133. The number of fused-ring (bicyclic) bond motifs is 1. The number of nitrogens with one attached hydrogen (secondary N) is 1. The first-order valence-corrected chi connectivity index (χ1v) is 8.24. The maximum Gasteiger partial charge on any atom is 0.417 e. The highest BCUT2D eigenvalue weighted by molar-refractivity contribution is 5.81. The van der Waals surface area contributed by atoms with Gasteiger partial charge in [0.1, 0.15) is 0 Å². The van der Waals surface area contributed by atoms with Gasteiger partial charge in [-0.2, -0.15) is 0 Å². The minimum absolute atomic E-state index is 0.0333. The molecule has 2 heterocycles. The van der Waals surface area contributed by atoms with E-state index in [0.717, 1.165) is 12.0 Å². The Morgan fingerprint density at radius 1 is 1.12 bits per heavy atom. The van der Waals surface area contributed by atoms with Crippen molar-refractivity contribution >= 4 is 22.9 Å². The van der Waals surface area contributed by atoms with Crippen molar-refractivity contribution < 1.29 is 14.0 Å². The van der Waals surface area contributed by atoms with Gasteiger partial charge in [0, 0.05) is 32.6 Å². The van der Waals surface area contributed by atoms with E-state index in [9.17, 15) is 14.4 Å². The van der Waals surface area contributed by atoms with Crippen molar-refractivity contribution in [3.63, 3.8) is 0 Å². The topological polar surface area (TPSA) is 86.6 Å². The highest BCUT2D eigenvalue weighted by Gasteiger charge is 2.21. The van der Waals surface area contributed by atoms with Crippen LogP contribution in [-0.4, -0.2) is 52.8 Å². The summed E-state index contributed by atoms with van der Waals surface area (Å²) in [5.41, 5.74) is 1.91. The van der Waals surface area contributed by atoms with Crippen molar-refractivity contribution in [2.24, 2.45) is 0 Å². The molecule has 0 atom stereocenters. The van der Waals surface area contributed by atoms with Crippen LogP contribution >= 0.6 is 0 Å². The van der Waals surface area contributed by atoms with Gasteiger partial charge in [0.15, 0.2) is 5.58 Å². The van der Waals surface area contributed by atoms with E-state index in [-0.39, 0.29) is 18.2 Å². The Balaban J connectivity index is 1.65. The molecule has 7 heteroatoms. The molecule has 3 rings (SSSR count). The standard InChI is InChI=1S/C17H21N3O4/c1-2-15(21)19-6-3-7-20(9-8-19)16(22)11-12-4-5-14-13(10-12)18-17(23)24-14/h4-5,10H,2-3,6-9,11H2,1H3,(H,18,23). The summed E-state index contributed by atoms with van der Waals surface area (Å²) in [5, 5.41) is 0. The highest BCUT2D eigenvalue weighted by Crippen LogP contribution is 2.14. The average Bonchev–Trinajstić information content (AvgIpc) is 2.78. The smallest absolute Gasteiger partial charge is 0.408 e. The second-order valence-electron chi connectivity index (χ2n) is 5.99. The van der Waals surface area contributed by atoms with E-state index < -0.39 is 5.76 Å². The molecular weight excluding hydrogens is 310 g/mol. The molecule has 2 amide bonds. The first kappa shape index (κ1) is 16.3. The average molecular weight is 331 g/mol.